The summed E-state index contributed by atoms with van der Waals surface area (Å²) in [7, 11) is 0. The summed E-state index contributed by atoms with van der Waals surface area (Å²) in [4.78, 5) is 39.1. The Kier molecular flexibility index (Phi) is 7.24. The molecule has 0 radical (unpaired) electrons. The first-order valence-corrected chi connectivity index (χ1v) is 11.5. The molecule has 174 valence electrons. The normalized spacial score (nSPS) is 19.8. The summed E-state index contributed by atoms with van der Waals surface area (Å²) in [5, 5.41) is 11.9. The van der Waals surface area contributed by atoms with E-state index < -0.39 is 29.9 Å². The molecule has 2 unspecified atom stereocenters. The SMILES string of the molecule is O=C(NO)C(C1CCCCC1)N1C(=O)NC(CCc2ccc(Oc3ccccc3)cc2)C1=O. The Bertz CT molecular complexity index is 973. The second-order valence-corrected chi connectivity index (χ2v) is 8.63. The zero-order valence-corrected chi connectivity index (χ0v) is 18.4. The first-order valence-electron chi connectivity index (χ1n) is 11.5. The van der Waals surface area contributed by atoms with Gasteiger partial charge >= 0.3 is 6.03 Å². The molecule has 3 N–H and O–H groups in total. The van der Waals surface area contributed by atoms with Gasteiger partial charge in [0.15, 0.2) is 0 Å². The van der Waals surface area contributed by atoms with E-state index in [1.54, 1.807) is 5.48 Å². The van der Waals surface area contributed by atoms with Gasteiger partial charge < -0.3 is 10.1 Å². The largest absolute Gasteiger partial charge is 0.457 e. The van der Waals surface area contributed by atoms with Crippen LogP contribution >= 0.6 is 0 Å². The predicted molar refractivity (Wildman–Crippen MR) is 121 cm³/mol. The maximum Gasteiger partial charge on any atom is 0.325 e. The van der Waals surface area contributed by atoms with Crippen LogP contribution in [0.5, 0.6) is 11.5 Å². The fraction of sp³-hybridized carbons (Fsp3) is 0.400. The summed E-state index contributed by atoms with van der Waals surface area (Å²) in [5.41, 5.74) is 2.66. The molecule has 2 aromatic carbocycles. The molecule has 8 heteroatoms. The van der Waals surface area contributed by atoms with Crippen molar-refractivity contribution in [2.45, 2.75) is 57.0 Å². The first kappa shape index (κ1) is 22.8. The highest BCUT2D eigenvalue weighted by Gasteiger charge is 2.47. The summed E-state index contributed by atoms with van der Waals surface area (Å²) in [6.07, 6.45) is 5.44. The van der Waals surface area contributed by atoms with Crippen LogP contribution in [0.1, 0.15) is 44.1 Å². The molecule has 1 aliphatic carbocycles. The van der Waals surface area contributed by atoms with Crippen LogP contribution in [0.4, 0.5) is 4.79 Å². The summed E-state index contributed by atoms with van der Waals surface area (Å²) in [5.74, 6) is 0.204. The van der Waals surface area contributed by atoms with Gasteiger partial charge in [-0.05, 0) is 61.4 Å². The number of hydroxylamine groups is 1. The highest BCUT2D eigenvalue weighted by atomic mass is 16.5. The molecule has 0 aromatic heterocycles. The van der Waals surface area contributed by atoms with Gasteiger partial charge in [0, 0.05) is 0 Å². The summed E-state index contributed by atoms with van der Waals surface area (Å²) in [6, 6.07) is 14.8. The van der Waals surface area contributed by atoms with E-state index in [0.29, 0.717) is 18.6 Å². The molecule has 2 aliphatic rings. The molecular weight excluding hydrogens is 422 g/mol. The van der Waals surface area contributed by atoms with E-state index in [2.05, 4.69) is 5.32 Å². The van der Waals surface area contributed by atoms with Gasteiger partial charge in [-0.3, -0.25) is 14.8 Å². The molecule has 1 aliphatic heterocycles. The van der Waals surface area contributed by atoms with Crippen LogP contribution in [0.2, 0.25) is 0 Å². The third-order valence-corrected chi connectivity index (χ3v) is 6.43. The second kappa shape index (κ2) is 10.5. The molecule has 33 heavy (non-hydrogen) atoms. The second-order valence-electron chi connectivity index (χ2n) is 8.63. The molecule has 2 fully saturated rings. The topological polar surface area (TPSA) is 108 Å². The molecule has 0 spiro atoms. The van der Waals surface area contributed by atoms with Crippen LogP contribution in [-0.2, 0) is 16.0 Å². The third kappa shape index (κ3) is 5.34. The van der Waals surface area contributed by atoms with E-state index in [0.717, 1.165) is 48.3 Å². The first-order chi connectivity index (χ1) is 16.1. The van der Waals surface area contributed by atoms with Crippen LogP contribution in [0.15, 0.2) is 54.6 Å². The van der Waals surface area contributed by atoms with Crippen molar-refractivity contribution in [1.82, 2.24) is 15.7 Å². The van der Waals surface area contributed by atoms with Crippen LogP contribution < -0.4 is 15.5 Å². The number of hydrogen-bond donors (Lipinski definition) is 3. The fourth-order valence-electron chi connectivity index (χ4n) is 4.73. The average molecular weight is 452 g/mol. The standard InChI is InChI=1S/C25H29N3O5/c29-23(27-32)22(18-7-3-1-4-8-18)28-24(30)21(26-25(28)31)16-13-17-11-14-20(15-12-17)33-19-9-5-2-6-10-19/h2,5-6,9-12,14-15,18,21-22,32H,1,3-4,7-8,13,16H2,(H,26,31)(H,27,29). The highest BCUT2D eigenvalue weighted by Crippen LogP contribution is 2.31. The van der Waals surface area contributed by atoms with E-state index in [-0.39, 0.29) is 5.92 Å². The number of urea groups is 1. The van der Waals surface area contributed by atoms with Gasteiger partial charge in [0.2, 0.25) is 0 Å². The lowest BCUT2D eigenvalue weighted by atomic mass is 9.83. The van der Waals surface area contributed by atoms with E-state index in [4.69, 9.17) is 4.74 Å². The Labute approximate surface area is 192 Å². The fourth-order valence-corrected chi connectivity index (χ4v) is 4.73. The average Bonchev–Trinajstić information content (AvgIpc) is 3.13. The van der Waals surface area contributed by atoms with Crippen molar-refractivity contribution in [2.24, 2.45) is 5.92 Å². The number of para-hydroxylation sites is 1. The molecule has 1 saturated heterocycles. The minimum absolute atomic E-state index is 0.142. The number of ether oxygens (including phenoxy) is 1. The Hall–Kier alpha value is -3.39. The number of rotatable bonds is 8. The number of imide groups is 1. The van der Waals surface area contributed by atoms with Crippen LogP contribution in [0, 0.1) is 5.92 Å². The monoisotopic (exact) mass is 451 g/mol. The molecular formula is C25H29N3O5. The van der Waals surface area contributed by atoms with E-state index in [9.17, 15) is 19.6 Å². The van der Waals surface area contributed by atoms with Gasteiger partial charge in [-0.1, -0.05) is 49.6 Å². The number of carbonyl (C=O) groups excluding carboxylic acids is 3. The van der Waals surface area contributed by atoms with Gasteiger partial charge in [-0.15, -0.1) is 0 Å². The third-order valence-electron chi connectivity index (χ3n) is 6.43. The van der Waals surface area contributed by atoms with Crippen molar-refractivity contribution in [3.63, 3.8) is 0 Å². The zero-order valence-electron chi connectivity index (χ0n) is 18.4. The van der Waals surface area contributed by atoms with Gasteiger partial charge in [0.25, 0.3) is 11.8 Å². The number of hydrogen-bond acceptors (Lipinski definition) is 5. The number of aryl methyl sites for hydroxylation is 1. The van der Waals surface area contributed by atoms with E-state index in [1.165, 1.54) is 0 Å². The van der Waals surface area contributed by atoms with Crippen molar-refractivity contribution in [3.8, 4) is 11.5 Å². The molecule has 8 nitrogen and oxygen atoms in total. The molecule has 1 heterocycles. The van der Waals surface area contributed by atoms with E-state index >= 15 is 0 Å². The van der Waals surface area contributed by atoms with Crippen molar-refractivity contribution in [1.29, 1.82) is 0 Å². The summed E-state index contributed by atoms with van der Waals surface area (Å²) >= 11 is 0. The van der Waals surface area contributed by atoms with Crippen molar-refractivity contribution >= 4 is 17.8 Å². The highest BCUT2D eigenvalue weighted by molar-refractivity contribution is 6.07. The van der Waals surface area contributed by atoms with Crippen molar-refractivity contribution in [3.05, 3.63) is 60.2 Å². The maximum atomic E-state index is 13.1. The molecule has 1 saturated carbocycles. The lowest BCUT2D eigenvalue weighted by Gasteiger charge is -2.33. The predicted octanol–water partition coefficient (Wildman–Crippen LogP) is 3.79. The van der Waals surface area contributed by atoms with Gasteiger partial charge in [0.05, 0.1) is 0 Å². The van der Waals surface area contributed by atoms with Gasteiger partial charge in [-0.2, -0.15) is 0 Å². The number of nitrogens with one attached hydrogen (secondary N) is 2. The lowest BCUT2D eigenvalue weighted by Crippen LogP contribution is -2.53. The minimum Gasteiger partial charge on any atom is -0.457 e. The zero-order chi connectivity index (χ0) is 23.2. The molecule has 0 bridgehead atoms. The van der Waals surface area contributed by atoms with Crippen LogP contribution in [0.3, 0.4) is 0 Å². The Balaban J connectivity index is 1.37. The number of carbonyl (C=O) groups is 3. The quantitative estimate of drug-likeness (QED) is 0.322. The van der Waals surface area contributed by atoms with Crippen LogP contribution in [0.25, 0.3) is 0 Å². The lowest BCUT2D eigenvalue weighted by molar-refractivity contribution is -0.143. The van der Waals surface area contributed by atoms with Crippen molar-refractivity contribution < 1.29 is 24.3 Å². The van der Waals surface area contributed by atoms with Gasteiger partial charge in [-0.25, -0.2) is 15.2 Å². The Morgan fingerprint density at radius 3 is 2.36 bits per heavy atom. The maximum absolute atomic E-state index is 13.1. The number of benzene rings is 2. The van der Waals surface area contributed by atoms with Crippen LogP contribution in [-0.4, -0.2) is 40.0 Å². The molecule has 2 atom stereocenters. The smallest absolute Gasteiger partial charge is 0.325 e. The Morgan fingerprint density at radius 1 is 1.03 bits per heavy atom. The van der Waals surface area contributed by atoms with E-state index in [1.807, 2.05) is 54.6 Å². The van der Waals surface area contributed by atoms with Crippen molar-refractivity contribution in [2.75, 3.05) is 0 Å². The summed E-state index contributed by atoms with van der Waals surface area (Å²) < 4.78 is 5.80. The molecule has 2 aromatic rings. The summed E-state index contributed by atoms with van der Waals surface area (Å²) in [6.45, 7) is 0. The number of amides is 4. The number of nitrogens with zero attached hydrogens (tertiary/aromatic N) is 1. The molecule has 4 rings (SSSR count). The Morgan fingerprint density at radius 2 is 1.70 bits per heavy atom. The van der Waals surface area contributed by atoms with Gasteiger partial charge in [0.1, 0.15) is 23.6 Å². The molecule has 4 amide bonds. The minimum atomic E-state index is -0.984.